The zero-order valence-electron chi connectivity index (χ0n) is 14.7. The molecule has 1 atom stereocenters. The van der Waals surface area contributed by atoms with Crippen LogP contribution >= 0.6 is 23.4 Å². The van der Waals surface area contributed by atoms with E-state index in [2.05, 4.69) is 9.30 Å². The number of halogens is 1. The highest BCUT2D eigenvalue weighted by Crippen LogP contribution is 2.37. The van der Waals surface area contributed by atoms with Crippen molar-refractivity contribution in [3.63, 3.8) is 0 Å². The van der Waals surface area contributed by atoms with E-state index in [1.807, 2.05) is 25.1 Å². The van der Waals surface area contributed by atoms with Crippen LogP contribution in [0.25, 0.3) is 11.0 Å². The monoisotopic (exact) mass is 394 g/mol. The lowest BCUT2D eigenvalue weighted by Gasteiger charge is -2.11. The molecule has 8 heteroatoms. The lowest BCUT2D eigenvalue weighted by molar-refractivity contribution is 0.0563. The number of carbonyl (C=O) groups excluding carboxylic acids is 1. The minimum Gasteiger partial charge on any atom is -0.463 e. The molecule has 0 amide bonds. The number of esters is 1. The number of hydrogen-bond acceptors (Lipinski definition) is 6. The topological polar surface area (TPSA) is 66.5 Å². The van der Waals surface area contributed by atoms with Crippen molar-refractivity contribution in [2.75, 3.05) is 20.8 Å². The van der Waals surface area contributed by atoms with Crippen molar-refractivity contribution in [2.45, 2.75) is 23.9 Å². The summed E-state index contributed by atoms with van der Waals surface area (Å²) in [5, 5.41) is 1.44. The summed E-state index contributed by atoms with van der Waals surface area (Å²) < 4.78 is 17.6. The average molecular weight is 395 g/mol. The molecular formula is C18H19ClN2O4S. The summed E-state index contributed by atoms with van der Waals surface area (Å²) in [5.74, 6) is 0.379. The van der Waals surface area contributed by atoms with E-state index in [-0.39, 0.29) is 11.0 Å². The Balaban J connectivity index is 1.89. The maximum Gasteiger partial charge on any atom is 0.373 e. The van der Waals surface area contributed by atoms with Crippen molar-refractivity contribution in [2.24, 2.45) is 0 Å². The predicted octanol–water partition coefficient (Wildman–Crippen LogP) is 4.57. The third-order valence-electron chi connectivity index (χ3n) is 3.89. The van der Waals surface area contributed by atoms with Crippen LogP contribution in [0.3, 0.4) is 0 Å². The SMILES string of the molecule is COCCn1c(SC(C)c2ccc(C(=O)OC)o2)nc2cc(Cl)ccc21. The molecule has 1 aromatic carbocycles. The maximum atomic E-state index is 11.6. The smallest absolute Gasteiger partial charge is 0.373 e. The number of hydrogen-bond donors (Lipinski definition) is 0. The fourth-order valence-corrected chi connectivity index (χ4v) is 3.76. The average Bonchev–Trinajstić information content (AvgIpc) is 3.24. The lowest BCUT2D eigenvalue weighted by atomic mass is 10.3. The third kappa shape index (κ3) is 3.90. The van der Waals surface area contributed by atoms with E-state index in [4.69, 9.17) is 25.7 Å². The van der Waals surface area contributed by atoms with Gasteiger partial charge in [0.25, 0.3) is 0 Å². The first-order valence-electron chi connectivity index (χ1n) is 8.03. The van der Waals surface area contributed by atoms with Crippen LogP contribution in [0.2, 0.25) is 5.02 Å². The standard InChI is InChI=1S/C18H19ClN2O4S/c1-11(15-6-7-16(25-15)17(22)24-3)26-18-20-13-10-12(19)4-5-14(13)21(18)8-9-23-2/h4-7,10-11H,8-9H2,1-3H3. The van der Waals surface area contributed by atoms with Gasteiger partial charge in [0.15, 0.2) is 5.16 Å². The minimum absolute atomic E-state index is 0.0398. The quantitative estimate of drug-likeness (QED) is 0.432. The molecule has 1 unspecified atom stereocenters. The number of rotatable bonds is 7. The molecule has 0 bridgehead atoms. The van der Waals surface area contributed by atoms with Crippen molar-refractivity contribution < 1.29 is 18.7 Å². The first-order valence-corrected chi connectivity index (χ1v) is 9.28. The van der Waals surface area contributed by atoms with Gasteiger partial charge in [0.05, 0.1) is 30.0 Å². The Kier molecular flexibility index (Phi) is 5.90. The summed E-state index contributed by atoms with van der Waals surface area (Å²) in [6.07, 6.45) is 0. The molecule has 6 nitrogen and oxygen atoms in total. The van der Waals surface area contributed by atoms with Crippen molar-refractivity contribution in [3.8, 4) is 0 Å². The largest absolute Gasteiger partial charge is 0.463 e. The molecule has 0 fully saturated rings. The van der Waals surface area contributed by atoms with E-state index < -0.39 is 5.97 Å². The molecule has 0 aliphatic carbocycles. The number of aromatic nitrogens is 2. The summed E-state index contributed by atoms with van der Waals surface area (Å²) in [4.78, 5) is 16.3. The van der Waals surface area contributed by atoms with Gasteiger partial charge in [-0.1, -0.05) is 23.4 Å². The zero-order valence-corrected chi connectivity index (χ0v) is 16.3. The molecular weight excluding hydrogens is 376 g/mol. The van der Waals surface area contributed by atoms with Gasteiger partial charge < -0.3 is 18.5 Å². The molecule has 26 heavy (non-hydrogen) atoms. The molecule has 3 rings (SSSR count). The molecule has 2 heterocycles. The third-order valence-corrected chi connectivity index (χ3v) is 5.23. The number of imidazole rings is 1. The molecule has 0 spiro atoms. The number of fused-ring (bicyclic) bond motifs is 1. The number of benzene rings is 1. The van der Waals surface area contributed by atoms with Crippen LogP contribution in [-0.4, -0.2) is 36.3 Å². The Morgan fingerprint density at radius 3 is 2.88 bits per heavy atom. The van der Waals surface area contributed by atoms with Gasteiger partial charge in [-0.3, -0.25) is 0 Å². The van der Waals surface area contributed by atoms with Gasteiger partial charge in [0.1, 0.15) is 5.76 Å². The summed E-state index contributed by atoms with van der Waals surface area (Å²) >= 11 is 7.64. The van der Waals surface area contributed by atoms with Gasteiger partial charge >= 0.3 is 5.97 Å². The highest BCUT2D eigenvalue weighted by atomic mass is 35.5. The van der Waals surface area contributed by atoms with Crippen LogP contribution < -0.4 is 0 Å². The van der Waals surface area contributed by atoms with Gasteiger partial charge in [0.2, 0.25) is 5.76 Å². The van der Waals surface area contributed by atoms with Crippen LogP contribution in [0, 0.1) is 0 Å². The summed E-state index contributed by atoms with van der Waals surface area (Å²) in [7, 11) is 2.99. The Morgan fingerprint density at radius 1 is 1.35 bits per heavy atom. The first kappa shape index (κ1) is 18.8. The van der Waals surface area contributed by atoms with Gasteiger partial charge in [-0.2, -0.15) is 0 Å². The van der Waals surface area contributed by atoms with Gasteiger partial charge in [-0.15, -0.1) is 0 Å². The Bertz CT molecular complexity index is 921. The molecule has 0 aliphatic rings. The number of methoxy groups -OCH3 is 2. The van der Waals surface area contributed by atoms with E-state index >= 15 is 0 Å². The number of thioether (sulfide) groups is 1. The fraction of sp³-hybridized carbons (Fsp3) is 0.333. The highest BCUT2D eigenvalue weighted by Gasteiger charge is 2.20. The first-order chi connectivity index (χ1) is 12.5. The fourth-order valence-electron chi connectivity index (χ4n) is 2.57. The van der Waals surface area contributed by atoms with Crippen LogP contribution in [0.1, 0.15) is 28.5 Å². The van der Waals surface area contributed by atoms with Crippen molar-refractivity contribution in [1.29, 1.82) is 0 Å². The van der Waals surface area contributed by atoms with Gasteiger partial charge in [-0.25, -0.2) is 9.78 Å². The Labute approximate surface area is 160 Å². The normalized spacial score (nSPS) is 12.5. The second kappa shape index (κ2) is 8.16. The van der Waals surface area contributed by atoms with E-state index in [0.29, 0.717) is 23.9 Å². The molecule has 0 N–H and O–H groups in total. The molecule has 0 saturated heterocycles. The number of carbonyl (C=O) groups is 1. The van der Waals surface area contributed by atoms with Crippen LogP contribution in [-0.2, 0) is 16.0 Å². The Hall–Kier alpha value is -1.96. The van der Waals surface area contributed by atoms with E-state index in [1.165, 1.54) is 7.11 Å². The Morgan fingerprint density at radius 2 is 2.15 bits per heavy atom. The molecule has 0 radical (unpaired) electrons. The molecule has 138 valence electrons. The number of furan rings is 1. The number of ether oxygens (including phenoxy) is 2. The van der Waals surface area contributed by atoms with Gasteiger partial charge in [-0.05, 0) is 37.3 Å². The molecule has 0 saturated carbocycles. The van der Waals surface area contributed by atoms with Crippen LogP contribution in [0.15, 0.2) is 39.9 Å². The molecule has 3 aromatic rings. The zero-order chi connectivity index (χ0) is 18.7. The van der Waals surface area contributed by atoms with Crippen molar-refractivity contribution in [1.82, 2.24) is 9.55 Å². The predicted molar refractivity (Wildman–Crippen MR) is 101 cm³/mol. The lowest BCUT2D eigenvalue weighted by Crippen LogP contribution is -2.06. The van der Waals surface area contributed by atoms with Crippen LogP contribution in [0.4, 0.5) is 0 Å². The summed E-state index contributed by atoms with van der Waals surface area (Å²) in [6, 6.07) is 9.05. The maximum absolute atomic E-state index is 11.6. The van der Waals surface area contributed by atoms with E-state index in [9.17, 15) is 4.79 Å². The number of nitrogens with zero attached hydrogens (tertiary/aromatic N) is 2. The van der Waals surface area contributed by atoms with E-state index in [0.717, 1.165) is 16.2 Å². The highest BCUT2D eigenvalue weighted by molar-refractivity contribution is 7.99. The second-order valence-electron chi connectivity index (χ2n) is 5.63. The second-order valence-corrected chi connectivity index (χ2v) is 7.37. The van der Waals surface area contributed by atoms with Gasteiger partial charge in [0, 0.05) is 18.7 Å². The molecule has 2 aromatic heterocycles. The molecule has 0 aliphatic heterocycles. The van der Waals surface area contributed by atoms with Crippen LogP contribution in [0.5, 0.6) is 0 Å². The summed E-state index contributed by atoms with van der Waals surface area (Å²) in [6.45, 7) is 3.25. The summed E-state index contributed by atoms with van der Waals surface area (Å²) in [5.41, 5.74) is 1.83. The van der Waals surface area contributed by atoms with Crippen molar-refractivity contribution >= 4 is 40.4 Å². The van der Waals surface area contributed by atoms with E-state index in [1.54, 1.807) is 31.0 Å². The minimum atomic E-state index is -0.490. The van der Waals surface area contributed by atoms with Crippen molar-refractivity contribution in [3.05, 3.63) is 46.9 Å².